The summed E-state index contributed by atoms with van der Waals surface area (Å²) < 4.78 is 5.18. The Morgan fingerprint density at radius 3 is 2.56 bits per heavy atom. The van der Waals surface area contributed by atoms with E-state index in [9.17, 15) is 9.90 Å². The molecule has 0 aliphatic rings. The number of benzene rings is 1. The molecule has 1 atom stereocenters. The summed E-state index contributed by atoms with van der Waals surface area (Å²) in [6, 6.07) is 5.56. The van der Waals surface area contributed by atoms with Gasteiger partial charge in [0, 0.05) is 0 Å². The molecule has 0 amide bonds. The number of rotatable bonds is 6. The van der Waals surface area contributed by atoms with Crippen LogP contribution >= 0.6 is 0 Å². The molecule has 0 saturated heterocycles. The molecule has 4 nitrogen and oxygen atoms in total. The first kappa shape index (κ1) is 14.5. The number of methoxy groups -OCH3 is 1. The molecule has 0 heterocycles. The van der Waals surface area contributed by atoms with Crippen LogP contribution in [0.3, 0.4) is 0 Å². The van der Waals surface area contributed by atoms with Gasteiger partial charge in [-0.15, -0.1) is 0 Å². The molecule has 1 aromatic rings. The van der Waals surface area contributed by atoms with Gasteiger partial charge in [-0.25, -0.2) is 0 Å². The standard InChI is InChI=1S/C14H21NO3/c1-10-9-11(5-6-13(10)18-4)12(14(16)17)7-8-15(2)3/h5-6,9,12H,7-8H2,1-4H3,(H,16,17). The second-order valence-corrected chi connectivity index (χ2v) is 4.71. The first-order valence-electron chi connectivity index (χ1n) is 5.97. The van der Waals surface area contributed by atoms with Gasteiger partial charge in [0.2, 0.25) is 0 Å². The van der Waals surface area contributed by atoms with Crippen LogP contribution in [-0.4, -0.2) is 43.7 Å². The highest BCUT2D eigenvalue weighted by atomic mass is 16.5. The summed E-state index contributed by atoms with van der Waals surface area (Å²) >= 11 is 0. The van der Waals surface area contributed by atoms with E-state index >= 15 is 0 Å². The van der Waals surface area contributed by atoms with E-state index in [0.29, 0.717) is 6.42 Å². The molecule has 0 saturated carbocycles. The molecule has 1 aromatic carbocycles. The van der Waals surface area contributed by atoms with Gasteiger partial charge in [-0.05, 0) is 51.2 Å². The van der Waals surface area contributed by atoms with Crippen LogP contribution in [0.25, 0.3) is 0 Å². The molecule has 4 heteroatoms. The molecule has 0 radical (unpaired) electrons. The third-order valence-corrected chi connectivity index (χ3v) is 2.98. The molecular weight excluding hydrogens is 230 g/mol. The van der Waals surface area contributed by atoms with Crippen molar-refractivity contribution in [2.45, 2.75) is 19.3 Å². The van der Waals surface area contributed by atoms with Crippen molar-refractivity contribution < 1.29 is 14.6 Å². The molecule has 100 valence electrons. The lowest BCUT2D eigenvalue weighted by atomic mass is 9.94. The molecule has 0 bridgehead atoms. The Bertz CT molecular complexity index is 416. The first-order chi connectivity index (χ1) is 8.45. The minimum absolute atomic E-state index is 0.461. The van der Waals surface area contributed by atoms with Gasteiger partial charge in [0.05, 0.1) is 13.0 Å². The lowest BCUT2D eigenvalue weighted by Crippen LogP contribution is -2.20. The highest BCUT2D eigenvalue weighted by molar-refractivity contribution is 5.76. The second kappa shape index (κ2) is 6.40. The van der Waals surface area contributed by atoms with Crippen LogP contribution < -0.4 is 4.74 Å². The summed E-state index contributed by atoms with van der Waals surface area (Å²) in [7, 11) is 5.50. The minimum atomic E-state index is -0.776. The van der Waals surface area contributed by atoms with E-state index in [1.807, 2.05) is 44.1 Å². The van der Waals surface area contributed by atoms with E-state index in [0.717, 1.165) is 23.4 Å². The number of carbonyl (C=O) groups is 1. The number of hydrogen-bond acceptors (Lipinski definition) is 3. The van der Waals surface area contributed by atoms with Gasteiger partial charge in [-0.1, -0.05) is 12.1 Å². The maximum atomic E-state index is 11.3. The minimum Gasteiger partial charge on any atom is -0.496 e. The van der Waals surface area contributed by atoms with Gasteiger partial charge in [0.15, 0.2) is 0 Å². The average Bonchev–Trinajstić information content (AvgIpc) is 2.28. The van der Waals surface area contributed by atoms with E-state index < -0.39 is 11.9 Å². The van der Waals surface area contributed by atoms with Crippen LogP contribution in [0.2, 0.25) is 0 Å². The van der Waals surface area contributed by atoms with Crippen LogP contribution in [0, 0.1) is 6.92 Å². The Hall–Kier alpha value is -1.55. The zero-order valence-corrected chi connectivity index (χ0v) is 11.4. The SMILES string of the molecule is COc1ccc(C(CCN(C)C)C(=O)O)cc1C. The molecule has 0 aliphatic carbocycles. The van der Waals surface area contributed by atoms with Crippen molar-refractivity contribution in [3.63, 3.8) is 0 Å². The molecule has 0 aromatic heterocycles. The van der Waals surface area contributed by atoms with Crippen molar-refractivity contribution in [3.8, 4) is 5.75 Å². The highest BCUT2D eigenvalue weighted by Crippen LogP contribution is 2.26. The lowest BCUT2D eigenvalue weighted by molar-refractivity contribution is -0.139. The summed E-state index contributed by atoms with van der Waals surface area (Å²) in [5.74, 6) is -0.450. The Morgan fingerprint density at radius 1 is 1.44 bits per heavy atom. The third kappa shape index (κ3) is 3.74. The number of hydrogen-bond donors (Lipinski definition) is 1. The van der Waals surface area contributed by atoms with E-state index in [1.165, 1.54) is 0 Å². The third-order valence-electron chi connectivity index (χ3n) is 2.98. The zero-order chi connectivity index (χ0) is 13.7. The predicted molar refractivity (Wildman–Crippen MR) is 71.3 cm³/mol. The summed E-state index contributed by atoms with van der Waals surface area (Å²) in [5.41, 5.74) is 1.80. The zero-order valence-electron chi connectivity index (χ0n) is 11.4. The summed E-state index contributed by atoms with van der Waals surface area (Å²) in [6.45, 7) is 2.68. The van der Waals surface area contributed by atoms with Crippen LogP contribution in [-0.2, 0) is 4.79 Å². The Morgan fingerprint density at radius 2 is 2.11 bits per heavy atom. The summed E-state index contributed by atoms with van der Waals surface area (Å²) in [4.78, 5) is 13.3. The molecular formula is C14H21NO3. The van der Waals surface area contributed by atoms with Gasteiger partial charge >= 0.3 is 5.97 Å². The second-order valence-electron chi connectivity index (χ2n) is 4.71. The van der Waals surface area contributed by atoms with Gasteiger partial charge in [-0.2, -0.15) is 0 Å². The normalized spacial score (nSPS) is 12.5. The highest BCUT2D eigenvalue weighted by Gasteiger charge is 2.20. The lowest BCUT2D eigenvalue weighted by Gasteiger charge is -2.17. The molecule has 0 aliphatic heterocycles. The molecule has 0 fully saturated rings. The van der Waals surface area contributed by atoms with Crippen LogP contribution in [0.4, 0.5) is 0 Å². The quantitative estimate of drug-likeness (QED) is 0.841. The van der Waals surface area contributed by atoms with Crippen LogP contribution in [0.1, 0.15) is 23.5 Å². The fourth-order valence-corrected chi connectivity index (χ4v) is 1.94. The summed E-state index contributed by atoms with van der Waals surface area (Å²) in [5, 5.41) is 9.31. The van der Waals surface area contributed by atoms with Crippen molar-refractivity contribution in [2.24, 2.45) is 0 Å². The summed E-state index contributed by atoms with van der Waals surface area (Å²) in [6.07, 6.45) is 0.605. The van der Waals surface area contributed by atoms with E-state index in [1.54, 1.807) is 7.11 Å². The molecule has 1 unspecified atom stereocenters. The maximum absolute atomic E-state index is 11.3. The van der Waals surface area contributed by atoms with E-state index in [-0.39, 0.29) is 0 Å². The first-order valence-corrected chi connectivity index (χ1v) is 5.97. The smallest absolute Gasteiger partial charge is 0.311 e. The van der Waals surface area contributed by atoms with Crippen molar-refractivity contribution in [1.29, 1.82) is 0 Å². The topological polar surface area (TPSA) is 49.8 Å². The molecule has 1 rings (SSSR count). The molecule has 18 heavy (non-hydrogen) atoms. The fourth-order valence-electron chi connectivity index (χ4n) is 1.94. The van der Waals surface area contributed by atoms with Gasteiger partial charge < -0.3 is 14.7 Å². The van der Waals surface area contributed by atoms with E-state index in [2.05, 4.69) is 0 Å². The Kier molecular flexibility index (Phi) is 5.16. The Balaban J connectivity index is 2.92. The number of nitrogens with zero attached hydrogens (tertiary/aromatic N) is 1. The van der Waals surface area contributed by atoms with Gasteiger partial charge in [0.25, 0.3) is 0 Å². The maximum Gasteiger partial charge on any atom is 0.311 e. The van der Waals surface area contributed by atoms with Crippen molar-refractivity contribution in [1.82, 2.24) is 4.90 Å². The Labute approximate surface area is 108 Å². The number of ether oxygens (including phenoxy) is 1. The van der Waals surface area contributed by atoms with Crippen molar-refractivity contribution >= 4 is 5.97 Å². The van der Waals surface area contributed by atoms with Crippen LogP contribution in [0.15, 0.2) is 18.2 Å². The van der Waals surface area contributed by atoms with Gasteiger partial charge in [0.1, 0.15) is 5.75 Å². The number of aliphatic carboxylic acids is 1. The molecule has 0 spiro atoms. The van der Waals surface area contributed by atoms with Crippen LogP contribution in [0.5, 0.6) is 5.75 Å². The fraction of sp³-hybridized carbons (Fsp3) is 0.500. The number of aryl methyl sites for hydroxylation is 1. The average molecular weight is 251 g/mol. The monoisotopic (exact) mass is 251 g/mol. The van der Waals surface area contributed by atoms with Gasteiger partial charge in [-0.3, -0.25) is 4.79 Å². The molecule has 1 N–H and O–H groups in total. The largest absolute Gasteiger partial charge is 0.496 e. The number of carboxylic acid groups (broad SMARTS) is 1. The van der Waals surface area contributed by atoms with Crippen molar-refractivity contribution in [3.05, 3.63) is 29.3 Å². The predicted octanol–water partition coefficient (Wildman–Crippen LogP) is 2.12. The number of carboxylic acids is 1. The van der Waals surface area contributed by atoms with Crippen molar-refractivity contribution in [2.75, 3.05) is 27.7 Å². The van der Waals surface area contributed by atoms with E-state index in [4.69, 9.17) is 4.74 Å².